The summed E-state index contributed by atoms with van der Waals surface area (Å²) >= 11 is 1.87. The normalized spacial score (nSPS) is 22.1. The number of hydrogen-bond acceptors (Lipinski definition) is 3. The minimum atomic E-state index is 0.152. The Labute approximate surface area is 163 Å². The molecule has 3 aromatic rings. The van der Waals surface area contributed by atoms with Crippen molar-refractivity contribution in [2.75, 3.05) is 13.1 Å². The fourth-order valence-electron chi connectivity index (χ4n) is 4.48. The van der Waals surface area contributed by atoms with Crippen molar-refractivity contribution in [3.05, 3.63) is 81.8 Å². The van der Waals surface area contributed by atoms with E-state index >= 15 is 0 Å². The predicted molar refractivity (Wildman–Crippen MR) is 108 cm³/mol. The van der Waals surface area contributed by atoms with Gasteiger partial charge in [0.2, 0.25) is 0 Å². The van der Waals surface area contributed by atoms with E-state index in [9.17, 15) is 4.79 Å². The van der Waals surface area contributed by atoms with Gasteiger partial charge in [-0.05, 0) is 36.8 Å². The van der Waals surface area contributed by atoms with Gasteiger partial charge >= 0.3 is 0 Å². The van der Waals surface area contributed by atoms with Gasteiger partial charge in [0.25, 0.3) is 5.91 Å². The molecule has 138 valence electrons. The summed E-state index contributed by atoms with van der Waals surface area (Å²) in [5.74, 6) is 0.152. The van der Waals surface area contributed by atoms with Crippen LogP contribution < -0.4 is 0 Å². The third kappa shape index (κ3) is 3.01. The van der Waals surface area contributed by atoms with Gasteiger partial charge in [0.15, 0.2) is 0 Å². The smallest absolute Gasteiger partial charge is 0.271 e. The first-order valence-electron chi connectivity index (χ1n) is 9.48. The van der Waals surface area contributed by atoms with Crippen molar-refractivity contribution in [3.8, 4) is 0 Å². The van der Waals surface area contributed by atoms with Gasteiger partial charge in [-0.25, -0.2) is 0 Å². The van der Waals surface area contributed by atoms with Crippen LogP contribution in [0.4, 0.5) is 0 Å². The van der Waals surface area contributed by atoms with Crippen LogP contribution in [0.25, 0.3) is 0 Å². The number of fused-ring (bicyclic) bond motifs is 3. The highest BCUT2D eigenvalue weighted by atomic mass is 32.1. The number of amides is 1. The molecule has 0 spiro atoms. The molecular formula is C22H23N3OS. The first-order chi connectivity index (χ1) is 13.2. The fraction of sp³-hybridized carbons (Fsp3) is 0.318. The number of hydrogen-bond donors (Lipinski definition) is 0. The summed E-state index contributed by atoms with van der Waals surface area (Å²) in [6.07, 6.45) is 2.07. The Balaban J connectivity index is 1.43. The highest BCUT2D eigenvalue weighted by molar-refractivity contribution is 7.11. The molecule has 0 radical (unpaired) electrons. The van der Waals surface area contributed by atoms with E-state index in [-0.39, 0.29) is 11.9 Å². The quantitative estimate of drug-likeness (QED) is 0.689. The van der Waals surface area contributed by atoms with Gasteiger partial charge in [-0.3, -0.25) is 9.69 Å². The molecule has 2 unspecified atom stereocenters. The van der Waals surface area contributed by atoms with Gasteiger partial charge in [-0.2, -0.15) is 0 Å². The minimum Gasteiger partial charge on any atom is -0.337 e. The summed E-state index contributed by atoms with van der Waals surface area (Å²) < 4.78 is 2.20. The number of likely N-dealkylation sites (tertiary alicyclic amines) is 1. The van der Waals surface area contributed by atoms with E-state index < -0.39 is 0 Å². The Hall–Kier alpha value is -2.37. The van der Waals surface area contributed by atoms with Crippen molar-refractivity contribution in [1.29, 1.82) is 0 Å². The Morgan fingerprint density at radius 2 is 1.78 bits per heavy atom. The first-order valence-corrected chi connectivity index (χ1v) is 10.3. The van der Waals surface area contributed by atoms with Crippen molar-refractivity contribution >= 4 is 17.2 Å². The average Bonchev–Trinajstić information content (AvgIpc) is 3.39. The molecule has 0 aliphatic carbocycles. The van der Waals surface area contributed by atoms with Crippen molar-refractivity contribution in [3.63, 3.8) is 0 Å². The molecule has 2 aromatic heterocycles. The SMILES string of the molecule is Cc1ccc(CN2CC3C(C2)n2cccc2C(=O)N3Cc2ccccc2)s1. The van der Waals surface area contributed by atoms with Crippen LogP contribution in [0.15, 0.2) is 60.8 Å². The molecule has 2 aliphatic heterocycles. The molecule has 27 heavy (non-hydrogen) atoms. The molecule has 5 rings (SSSR count). The number of thiophene rings is 1. The lowest BCUT2D eigenvalue weighted by atomic mass is 10.0. The van der Waals surface area contributed by atoms with E-state index in [1.807, 2.05) is 41.7 Å². The van der Waals surface area contributed by atoms with Crippen molar-refractivity contribution in [2.24, 2.45) is 0 Å². The summed E-state index contributed by atoms with van der Waals surface area (Å²) in [7, 11) is 0. The van der Waals surface area contributed by atoms with Gasteiger partial charge in [0, 0.05) is 42.1 Å². The van der Waals surface area contributed by atoms with Crippen LogP contribution in [0, 0.1) is 6.92 Å². The highest BCUT2D eigenvalue weighted by Crippen LogP contribution is 2.35. The maximum Gasteiger partial charge on any atom is 0.271 e. The molecule has 4 heterocycles. The van der Waals surface area contributed by atoms with Crippen LogP contribution in [0.1, 0.15) is 31.8 Å². The third-order valence-electron chi connectivity index (χ3n) is 5.72. The number of benzene rings is 1. The van der Waals surface area contributed by atoms with Crippen molar-refractivity contribution in [2.45, 2.75) is 32.1 Å². The van der Waals surface area contributed by atoms with Crippen LogP contribution >= 0.6 is 11.3 Å². The molecule has 0 N–H and O–H groups in total. The molecule has 5 heteroatoms. The summed E-state index contributed by atoms with van der Waals surface area (Å²) in [6, 6.07) is 19.3. The second-order valence-corrected chi connectivity index (χ2v) is 8.93. The highest BCUT2D eigenvalue weighted by Gasteiger charge is 2.44. The second kappa shape index (κ2) is 6.66. The van der Waals surface area contributed by atoms with Crippen LogP contribution in [-0.4, -0.2) is 39.4 Å². The van der Waals surface area contributed by atoms with E-state index in [1.165, 1.54) is 15.3 Å². The van der Waals surface area contributed by atoms with E-state index in [2.05, 4.69) is 51.8 Å². The minimum absolute atomic E-state index is 0.152. The Kier molecular flexibility index (Phi) is 4.14. The third-order valence-corrected chi connectivity index (χ3v) is 6.71. The van der Waals surface area contributed by atoms with Gasteiger partial charge < -0.3 is 9.47 Å². The molecule has 4 nitrogen and oxygen atoms in total. The lowest BCUT2D eigenvalue weighted by molar-refractivity contribution is 0.0556. The van der Waals surface area contributed by atoms with Crippen LogP contribution in [-0.2, 0) is 13.1 Å². The summed E-state index contributed by atoms with van der Waals surface area (Å²) in [5.41, 5.74) is 2.01. The second-order valence-electron chi connectivity index (χ2n) is 7.56. The number of carbonyl (C=O) groups excluding carboxylic acids is 1. The standard InChI is InChI=1S/C22H23N3OS/c1-16-9-10-18(27-16)13-23-14-20-21(15-23)25(12-17-6-3-2-4-7-17)22(26)19-8-5-11-24(19)20/h2-11,20-21H,12-15H2,1H3. The van der Waals surface area contributed by atoms with E-state index in [0.29, 0.717) is 12.6 Å². The molecule has 2 atom stereocenters. The zero-order valence-corrected chi connectivity index (χ0v) is 16.2. The topological polar surface area (TPSA) is 28.5 Å². The van der Waals surface area contributed by atoms with Crippen LogP contribution in [0.2, 0.25) is 0 Å². The fourth-order valence-corrected chi connectivity index (χ4v) is 5.41. The summed E-state index contributed by atoms with van der Waals surface area (Å²) in [4.78, 5) is 20.5. The number of aromatic nitrogens is 1. The summed E-state index contributed by atoms with van der Waals surface area (Å²) in [6.45, 7) is 5.72. The molecule has 0 bridgehead atoms. The van der Waals surface area contributed by atoms with E-state index in [4.69, 9.17) is 0 Å². The van der Waals surface area contributed by atoms with Gasteiger partial charge in [0.05, 0.1) is 12.1 Å². The number of nitrogens with zero attached hydrogens (tertiary/aromatic N) is 3. The van der Waals surface area contributed by atoms with Gasteiger partial charge in [-0.1, -0.05) is 30.3 Å². The molecule has 2 aliphatic rings. The van der Waals surface area contributed by atoms with Crippen LogP contribution in [0.5, 0.6) is 0 Å². The van der Waals surface area contributed by atoms with Crippen molar-refractivity contribution in [1.82, 2.24) is 14.4 Å². The molecule has 1 amide bonds. The molecule has 0 saturated carbocycles. The maximum atomic E-state index is 13.2. The Morgan fingerprint density at radius 1 is 0.963 bits per heavy atom. The predicted octanol–water partition coefficient (Wildman–Crippen LogP) is 3.94. The number of aryl methyl sites for hydroxylation is 1. The maximum absolute atomic E-state index is 13.2. The zero-order valence-electron chi connectivity index (χ0n) is 15.4. The molecule has 1 saturated heterocycles. The van der Waals surface area contributed by atoms with Crippen LogP contribution in [0.3, 0.4) is 0 Å². The van der Waals surface area contributed by atoms with E-state index in [1.54, 1.807) is 0 Å². The molecule has 1 fully saturated rings. The molecular weight excluding hydrogens is 354 g/mol. The Bertz CT molecular complexity index is 961. The van der Waals surface area contributed by atoms with Gasteiger partial charge in [-0.15, -0.1) is 11.3 Å². The number of carbonyl (C=O) groups is 1. The lowest BCUT2D eigenvalue weighted by Crippen LogP contribution is -2.49. The largest absolute Gasteiger partial charge is 0.337 e. The van der Waals surface area contributed by atoms with Crippen molar-refractivity contribution < 1.29 is 4.79 Å². The van der Waals surface area contributed by atoms with Gasteiger partial charge in [0.1, 0.15) is 5.69 Å². The zero-order chi connectivity index (χ0) is 18.4. The summed E-state index contributed by atoms with van der Waals surface area (Å²) in [5, 5.41) is 0. The lowest BCUT2D eigenvalue weighted by Gasteiger charge is -2.38. The van der Waals surface area contributed by atoms with E-state index in [0.717, 1.165) is 25.3 Å². The first kappa shape index (κ1) is 16.8. The average molecular weight is 378 g/mol. The Morgan fingerprint density at radius 3 is 2.56 bits per heavy atom. The number of rotatable bonds is 4. The monoisotopic (exact) mass is 377 g/mol. The molecule has 1 aromatic carbocycles.